The van der Waals surface area contributed by atoms with Crippen LogP contribution >= 0.6 is 0 Å². The minimum absolute atomic E-state index is 0.165. The summed E-state index contributed by atoms with van der Waals surface area (Å²) in [7, 11) is 0. The summed E-state index contributed by atoms with van der Waals surface area (Å²) in [5.74, 6) is 0.864. The minimum atomic E-state index is -0.250. The van der Waals surface area contributed by atoms with Crippen molar-refractivity contribution >= 4 is 17.2 Å². The molecule has 3 nitrogen and oxygen atoms in total. The van der Waals surface area contributed by atoms with Crippen LogP contribution < -0.4 is 5.32 Å². The van der Waals surface area contributed by atoms with Gasteiger partial charge in [-0.3, -0.25) is 4.79 Å². The number of carbonyl (C=O) groups is 1. The van der Waals surface area contributed by atoms with E-state index in [2.05, 4.69) is 58.6 Å². The van der Waals surface area contributed by atoms with E-state index in [1.165, 1.54) is 35.1 Å². The Balaban J connectivity index is 1.57. The Hall–Kier alpha value is -3.07. The zero-order valence-electron chi connectivity index (χ0n) is 20.8. The molecular weight excluding hydrogens is 406 g/mol. The average Bonchev–Trinajstić information content (AvgIpc) is 3.21. The van der Waals surface area contributed by atoms with Crippen LogP contribution in [0.2, 0.25) is 0 Å². The Morgan fingerprint density at radius 2 is 1.64 bits per heavy atom. The van der Waals surface area contributed by atoms with Crippen LogP contribution in [0.25, 0.3) is 5.57 Å². The fourth-order valence-electron chi connectivity index (χ4n) is 4.89. The smallest absolute Gasteiger partial charge is 0.291 e. The van der Waals surface area contributed by atoms with E-state index >= 15 is 0 Å². The molecule has 3 heteroatoms. The fourth-order valence-corrected chi connectivity index (χ4v) is 4.89. The number of amides is 1. The molecule has 0 fully saturated rings. The molecule has 1 N–H and O–H groups in total. The minimum Gasteiger partial charge on any atom is -0.456 e. The molecule has 1 aromatic heterocycles. The molecule has 0 unspecified atom stereocenters. The van der Waals surface area contributed by atoms with Crippen LogP contribution in [0, 0.1) is 6.92 Å². The topological polar surface area (TPSA) is 42.2 Å². The Morgan fingerprint density at radius 1 is 1.00 bits per heavy atom. The maximum atomic E-state index is 12.8. The van der Waals surface area contributed by atoms with E-state index < -0.39 is 0 Å². The van der Waals surface area contributed by atoms with E-state index in [1.807, 2.05) is 37.3 Å². The lowest BCUT2D eigenvalue weighted by Gasteiger charge is -2.42. The number of nitrogens with one attached hydrogen (secondary N) is 1. The molecule has 1 amide bonds. The van der Waals surface area contributed by atoms with Crippen molar-refractivity contribution < 1.29 is 9.21 Å². The molecule has 33 heavy (non-hydrogen) atoms. The summed E-state index contributed by atoms with van der Waals surface area (Å²) in [6.07, 6.45) is 3.06. The zero-order valence-corrected chi connectivity index (χ0v) is 20.8. The summed E-state index contributed by atoms with van der Waals surface area (Å²) in [5, 5.41) is 2.96. The number of benzene rings is 2. The molecule has 172 valence electrons. The second kappa shape index (κ2) is 8.37. The summed E-state index contributed by atoms with van der Waals surface area (Å²) in [4.78, 5) is 12.8. The SMILES string of the molecule is C=C(C)c1ccccc1NC(=O)c1ccc(Cc2cc3c(cc2C)C(C)(C)CCC3(C)C)o1. The summed E-state index contributed by atoms with van der Waals surface area (Å²) < 4.78 is 5.98. The van der Waals surface area contributed by atoms with Crippen molar-refractivity contribution in [2.45, 2.75) is 71.6 Å². The maximum Gasteiger partial charge on any atom is 0.291 e. The number of aryl methyl sites for hydroxylation is 1. The molecule has 0 spiro atoms. The third-order valence-corrected chi connectivity index (χ3v) is 7.19. The van der Waals surface area contributed by atoms with Gasteiger partial charge in [-0.15, -0.1) is 0 Å². The van der Waals surface area contributed by atoms with Gasteiger partial charge in [0.15, 0.2) is 5.76 Å². The molecule has 3 aromatic rings. The van der Waals surface area contributed by atoms with Gasteiger partial charge in [0.05, 0.1) is 0 Å². The van der Waals surface area contributed by atoms with Crippen molar-refractivity contribution in [1.29, 1.82) is 0 Å². The first-order valence-corrected chi connectivity index (χ1v) is 11.8. The Morgan fingerprint density at radius 3 is 2.30 bits per heavy atom. The van der Waals surface area contributed by atoms with Crippen molar-refractivity contribution in [2.75, 3.05) is 5.32 Å². The van der Waals surface area contributed by atoms with Crippen LogP contribution in [-0.2, 0) is 17.3 Å². The van der Waals surface area contributed by atoms with E-state index in [-0.39, 0.29) is 16.7 Å². The van der Waals surface area contributed by atoms with Crippen LogP contribution in [0.1, 0.15) is 91.6 Å². The van der Waals surface area contributed by atoms with E-state index in [1.54, 1.807) is 6.07 Å². The molecule has 0 atom stereocenters. The predicted molar refractivity (Wildman–Crippen MR) is 137 cm³/mol. The van der Waals surface area contributed by atoms with Crippen LogP contribution in [-0.4, -0.2) is 5.91 Å². The molecule has 0 saturated heterocycles. The van der Waals surface area contributed by atoms with Gasteiger partial charge in [-0.05, 0) is 83.5 Å². The summed E-state index contributed by atoms with van der Waals surface area (Å²) in [6.45, 7) is 17.5. The molecular formula is C30H35NO2. The highest BCUT2D eigenvalue weighted by Crippen LogP contribution is 2.46. The normalized spacial score (nSPS) is 16.2. The first-order valence-electron chi connectivity index (χ1n) is 11.8. The summed E-state index contributed by atoms with van der Waals surface area (Å²) >= 11 is 0. The second-order valence-electron chi connectivity index (χ2n) is 10.8. The molecule has 0 saturated carbocycles. The van der Waals surface area contributed by atoms with E-state index in [4.69, 9.17) is 4.42 Å². The van der Waals surface area contributed by atoms with E-state index in [0.717, 1.165) is 22.6 Å². The van der Waals surface area contributed by atoms with Crippen LogP contribution in [0.15, 0.2) is 59.5 Å². The first kappa shape index (κ1) is 23.1. The zero-order chi connectivity index (χ0) is 24.0. The molecule has 0 aliphatic heterocycles. The average molecular weight is 442 g/mol. The number of carbonyl (C=O) groups excluding carboxylic acids is 1. The third kappa shape index (κ3) is 4.55. The number of fused-ring (bicyclic) bond motifs is 1. The predicted octanol–water partition coefficient (Wildman–Crippen LogP) is 7.81. The van der Waals surface area contributed by atoms with Crippen molar-refractivity contribution in [3.63, 3.8) is 0 Å². The highest BCUT2D eigenvalue weighted by atomic mass is 16.3. The number of hydrogen-bond donors (Lipinski definition) is 1. The van der Waals surface area contributed by atoms with E-state index in [9.17, 15) is 4.79 Å². The van der Waals surface area contributed by atoms with Gasteiger partial charge in [0.1, 0.15) is 5.76 Å². The second-order valence-corrected chi connectivity index (χ2v) is 10.8. The largest absolute Gasteiger partial charge is 0.456 e. The summed E-state index contributed by atoms with van der Waals surface area (Å²) in [6, 6.07) is 16.1. The molecule has 1 aliphatic carbocycles. The Labute approximate surface area is 197 Å². The van der Waals surface area contributed by atoms with Crippen molar-refractivity contribution in [1.82, 2.24) is 0 Å². The quantitative estimate of drug-likeness (QED) is 0.439. The number of furan rings is 1. The van der Waals surface area contributed by atoms with Gasteiger partial charge in [0, 0.05) is 17.7 Å². The Bertz CT molecular complexity index is 1230. The van der Waals surface area contributed by atoms with Gasteiger partial charge in [0.2, 0.25) is 0 Å². The number of allylic oxidation sites excluding steroid dienone is 1. The highest BCUT2D eigenvalue weighted by Gasteiger charge is 2.37. The summed E-state index contributed by atoms with van der Waals surface area (Å²) in [5.41, 5.74) is 8.38. The number of rotatable bonds is 5. The third-order valence-electron chi connectivity index (χ3n) is 7.19. The fraction of sp³-hybridized carbons (Fsp3) is 0.367. The lowest BCUT2D eigenvalue weighted by atomic mass is 9.62. The standard InChI is InChI=1S/C30H35NO2/c1-19(2)23-10-8-9-11-26(23)31-28(32)27-13-12-22(33-27)17-21-18-25-24(16-20(21)3)29(4,5)14-15-30(25,6)7/h8-13,16,18H,1,14-15,17H2,2-7H3,(H,31,32). The van der Waals surface area contributed by atoms with Crippen LogP contribution in [0.4, 0.5) is 5.69 Å². The van der Waals surface area contributed by atoms with Crippen molar-refractivity contribution in [3.8, 4) is 0 Å². The maximum absolute atomic E-state index is 12.8. The van der Waals surface area contributed by atoms with E-state index in [0.29, 0.717) is 12.2 Å². The molecule has 1 heterocycles. The van der Waals surface area contributed by atoms with Gasteiger partial charge in [-0.1, -0.05) is 64.6 Å². The lowest BCUT2D eigenvalue weighted by molar-refractivity contribution is 0.0995. The monoisotopic (exact) mass is 441 g/mol. The number of hydrogen-bond acceptors (Lipinski definition) is 2. The molecule has 2 aromatic carbocycles. The Kier molecular flexibility index (Phi) is 5.86. The van der Waals surface area contributed by atoms with Crippen molar-refractivity contribution in [3.05, 3.63) is 94.4 Å². The lowest BCUT2D eigenvalue weighted by Crippen LogP contribution is -2.34. The van der Waals surface area contributed by atoms with Crippen LogP contribution in [0.3, 0.4) is 0 Å². The molecule has 0 bridgehead atoms. The molecule has 0 radical (unpaired) electrons. The van der Waals surface area contributed by atoms with Gasteiger partial charge >= 0.3 is 0 Å². The molecule has 1 aliphatic rings. The van der Waals surface area contributed by atoms with Gasteiger partial charge in [-0.2, -0.15) is 0 Å². The molecule has 4 rings (SSSR count). The number of anilines is 1. The highest BCUT2D eigenvalue weighted by molar-refractivity contribution is 6.03. The first-order chi connectivity index (χ1) is 15.5. The van der Waals surface area contributed by atoms with Crippen LogP contribution in [0.5, 0.6) is 0 Å². The number of para-hydroxylation sites is 1. The van der Waals surface area contributed by atoms with Gasteiger partial charge in [-0.25, -0.2) is 0 Å². The van der Waals surface area contributed by atoms with Gasteiger partial charge < -0.3 is 9.73 Å². The van der Waals surface area contributed by atoms with Gasteiger partial charge in [0.25, 0.3) is 5.91 Å². The van der Waals surface area contributed by atoms with Crippen molar-refractivity contribution in [2.24, 2.45) is 0 Å².